The van der Waals surface area contributed by atoms with E-state index in [1.807, 2.05) is 32.9 Å². The molecule has 0 atom stereocenters. The van der Waals surface area contributed by atoms with Gasteiger partial charge in [-0.25, -0.2) is 4.98 Å². The molecule has 2 aromatic rings. The lowest BCUT2D eigenvalue weighted by Crippen LogP contribution is -1.98. The average Bonchev–Trinajstić information content (AvgIpc) is 2.73. The lowest BCUT2D eigenvalue weighted by molar-refractivity contribution is 0.130. The molecule has 1 aliphatic rings. The fourth-order valence-electron chi connectivity index (χ4n) is 2.48. The molecule has 3 rings (SSSR count). The van der Waals surface area contributed by atoms with Crippen molar-refractivity contribution in [3.63, 3.8) is 0 Å². The van der Waals surface area contributed by atoms with Crippen molar-refractivity contribution in [1.29, 1.82) is 0 Å². The number of aromatic nitrogens is 1. The van der Waals surface area contributed by atoms with Gasteiger partial charge in [-0.3, -0.25) is 0 Å². The van der Waals surface area contributed by atoms with Crippen LogP contribution in [0.4, 0.5) is 0 Å². The lowest BCUT2D eigenvalue weighted by atomic mass is 10.2. The molecule has 7 heteroatoms. The normalized spacial score (nSPS) is 14.4. The number of hydrogen-bond acceptors (Lipinski definition) is 6. The molecule has 0 spiro atoms. The zero-order valence-corrected chi connectivity index (χ0v) is 15.5. The second kappa shape index (κ2) is 7.40. The van der Waals surface area contributed by atoms with Crippen LogP contribution in [0.1, 0.15) is 34.5 Å². The van der Waals surface area contributed by atoms with Gasteiger partial charge in [-0.2, -0.15) is 0 Å². The Kier molecular flexibility index (Phi) is 5.26. The van der Waals surface area contributed by atoms with Crippen molar-refractivity contribution >= 4 is 28.6 Å². The third kappa shape index (κ3) is 3.82. The van der Waals surface area contributed by atoms with E-state index in [4.69, 9.17) is 25.9 Å². The number of nitrogens with zero attached hydrogens (tertiary/aromatic N) is 2. The number of thiazole rings is 1. The first-order valence-corrected chi connectivity index (χ1v) is 8.93. The number of hydrogen-bond donors (Lipinski definition) is 0. The molecule has 0 amide bonds. The zero-order chi connectivity index (χ0) is 17.1. The van der Waals surface area contributed by atoms with Gasteiger partial charge in [0.1, 0.15) is 6.61 Å². The van der Waals surface area contributed by atoms with Gasteiger partial charge in [0, 0.05) is 6.42 Å². The minimum Gasteiger partial charge on any atom is -0.489 e. The van der Waals surface area contributed by atoms with Gasteiger partial charge >= 0.3 is 0 Å². The van der Waals surface area contributed by atoms with Gasteiger partial charge in [0.15, 0.2) is 11.5 Å². The summed E-state index contributed by atoms with van der Waals surface area (Å²) in [5, 5.41) is 5.75. The van der Waals surface area contributed by atoms with E-state index < -0.39 is 0 Å². The molecule has 1 aliphatic heterocycles. The van der Waals surface area contributed by atoms with Crippen molar-refractivity contribution in [1.82, 2.24) is 4.98 Å². The molecule has 5 nitrogen and oxygen atoms in total. The van der Waals surface area contributed by atoms with Gasteiger partial charge in [-0.15, -0.1) is 11.3 Å². The van der Waals surface area contributed by atoms with Crippen LogP contribution in [0.3, 0.4) is 0 Å². The quantitative estimate of drug-likeness (QED) is 0.590. The van der Waals surface area contributed by atoms with Crippen molar-refractivity contribution in [2.45, 2.75) is 33.8 Å². The molecule has 1 aromatic heterocycles. The van der Waals surface area contributed by atoms with Gasteiger partial charge in [-0.1, -0.05) is 16.8 Å². The highest BCUT2D eigenvalue weighted by molar-refractivity contribution is 7.13. The Balaban J connectivity index is 1.71. The van der Waals surface area contributed by atoms with Gasteiger partial charge < -0.3 is 14.3 Å². The molecule has 0 bridgehead atoms. The predicted octanol–water partition coefficient (Wildman–Crippen LogP) is 4.52. The molecule has 1 aromatic carbocycles. The minimum absolute atomic E-state index is 0.310. The van der Waals surface area contributed by atoms with Crippen molar-refractivity contribution in [2.24, 2.45) is 5.16 Å². The van der Waals surface area contributed by atoms with Crippen LogP contribution in [-0.2, 0) is 11.4 Å². The summed E-state index contributed by atoms with van der Waals surface area (Å²) < 4.78 is 11.3. The van der Waals surface area contributed by atoms with E-state index in [1.165, 1.54) is 0 Å². The van der Waals surface area contributed by atoms with Crippen molar-refractivity contribution in [3.05, 3.63) is 38.3 Å². The third-order valence-corrected chi connectivity index (χ3v) is 4.99. The fourth-order valence-corrected chi connectivity index (χ4v) is 3.62. The van der Waals surface area contributed by atoms with Crippen LogP contribution in [0.15, 0.2) is 17.3 Å². The monoisotopic (exact) mass is 366 g/mol. The molecule has 0 fully saturated rings. The summed E-state index contributed by atoms with van der Waals surface area (Å²) in [6.45, 7) is 7.41. The van der Waals surface area contributed by atoms with E-state index in [-0.39, 0.29) is 0 Å². The fraction of sp³-hybridized carbons (Fsp3) is 0.412. The summed E-state index contributed by atoms with van der Waals surface area (Å²) in [4.78, 5) is 10.9. The molecule has 0 aliphatic carbocycles. The smallest absolute Gasteiger partial charge is 0.179 e. The van der Waals surface area contributed by atoms with E-state index in [1.54, 1.807) is 11.3 Å². The number of aryl methyl sites for hydroxylation is 2. The Morgan fingerprint density at radius 3 is 2.88 bits per heavy atom. The van der Waals surface area contributed by atoms with E-state index in [0.717, 1.165) is 33.3 Å². The highest BCUT2D eigenvalue weighted by Gasteiger charge is 2.16. The zero-order valence-electron chi connectivity index (χ0n) is 13.9. The summed E-state index contributed by atoms with van der Waals surface area (Å²) in [7, 11) is 0. The maximum absolute atomic E-state index is 6.28. The number of oxime groups is 1. The summed E-state index contributed by atoms with van der Waals surface area (Å²) in [6.07, 6.45) is 0.841. The van der Waals surface area contributed by atoms with E-state index in [0.29, 0.717) is 36.3 Å². The Morgan fingerprint density at radius 2 is 2.12 bits per heavy atom. The number of benzene rings is 1. The van der Waals surface area contributed by atoms with Crippen LogP contribution in [-0.4, -0.2) is 23.9 Å². The van der Waals surface area contributed by atoms with Gasteiger partial charge in [0.25, 0.3) is 0 Å². The van der Waals surface area contributed by atoms with E-state index in [9.17, 15) is 0 Å². The number of fused-ring (bicyclic) bond motifs is 1. The highest BCUT2D eigenvalue weighted by Crippen LogP contribution is 2.38. The molecule has 0 unspecified atom stereocenters. The second-order valence-electron chi connectivity index (χ2n) is 5.55. The van der Waals surface area contributed by atoms with Crippen molar-refractivity contribution < 1.29 is 14.3 Å². The topological polar surface area (TPSA) is 52.9 Å². The van der Waals surface area contributed by atoms with E-state index in [2.05, 4.69) is 10.1 Å². The van der Waals surface area contributed by atoms with Gasteiger partial charge in [0.2, 0.25) is 0 Å². The molecule has 128 valence electrons. The molecule has 0 saturated carbocycles. The molecular weight excluding hydrogens is 348 g/mol. The predicted molar refractivity (Wildman–Crippen MR) is 95.6 cm³/mol. The second-order valence-corrected chi connectivity index (χ2v) is 7.16. The van der Waals surface area contributed by atoms with Crippen LogP contribution < -0.4 is 9.47 Å². The van der Waals surface area contributed by atoms with Crippen LogP contribution in [0, 0.1) is 13.8 Å². The number of halogens is 1. The van der Waals surface area contributed by atoms with Crippen LogP contribution in [0.5, 0.6) is 11.5 Å². The van der Waals surface area contributed by atoms with Crippen LogP contribution >= 0.6 is 22.9 Å². The van der Waals surface area contributed by atoms with Crippen molar-refractivity contribution in [2.75, 3.05) is 13.2 Å². The van der Waals surface area contributed by atoms with Crippen LogP contribution in [0.25, 0.3) is 0 Å². The standard InChI is InChI=1S/C17H19ClN2O3S/c1-10-17(24-12(3)19-10)11(2)20-23-9-13-7-14(18)16-15(8-13)21-5-4-6-22-16/h7-8H,4-6,9H2,1-3H3/b20-11+. The van der Waals surface area contributed by atoms with Gasteiger partial charge in [0.05, 0.1) is 39.5 Å². The van der Waals surface area contributed by atoms with Crippen molar-refractivity contribution in [3.8, 4) is 11.5 Å². The first kappa shape index (κ1) is 17.0. The van der Waals surface area contributed by atoms with E-state index >= 15 is 0 Å². The molecule has 0 radical (unpaired) electrons. The SMILES string of the molecule is C/C(=N\OCc1cc(Cl)c2c(c1)OCCCO2)c1sc(C)nc1C. The Hall–Kier alpha value is -1.79. The number of ether oxygens (including phenoxy) is 2. The highest BCUT2D eigenvalue weighted by atomic mass is 35.5. The maximum Gasteiger partial charge on any atom is 0.179 e. The molecular formula is C17H19ClN2O3S. The summed E-state index contributed by atoms with van der Waals surface area (Å²) in [5.41, 5.74) is 2.68. The number of rotatable bonds is 4. The maximum atomic E-state index is 6.28. The largest absolute Gasteiger partial charge is 0.489 e. The average molecular weight is 367 g/mol. The third-order valence-electron chi connectivity index (χ3n) is 3.53. The minimum atomic E-state index is 0.310. The summed E-state index contributed by atoms with van der Waals surface area (Å²) >= 11 is 7.89. The Morgan fingerprint density at radius 1 is 1.33 bits per heavy atom. The molecule has 24 heavy (non-hydrogen) atoms. The molecule has 2 heterocycles. The Bertz CT molecular complexity index is 773. The van der Waals surface area contributed by atoms with Crippen LogP contribution in [0.2, 0.25) is 5.02 Å². The summed E-state index contributed by atoms with van der Waals surface area (Å²) in [6, 6.07) is 3.71. The Labute approximate surface area is 150 Å². The first-order valence-electron chi connectivity index (χ1n) is 7.73. The first-order chi connectivity index (χ1) is 11.5. The summed E-state index contributed by atoms with van der Waals surface area (Å²) in [5.74, 6) is 1.27. The lowest BCUT2D eigenvalue weighted by Gasteiger charge is -2.11. The molecule has 0 saturated heterocycles. The molecule has 0 N–H and O–H groups in total. The van der Waals surface area contributed by atoms with Gasteiger partial charge in [-0.05, 0) is 38.5 Å².